The number of hydrazine groups is 2. The number of aliphatic carboxylic acids is 1. The molecule has 0 unspecified atom stereocenters. The number of amidine groups is 1. The zero-order valence-corrected chi connectivity index (χ0v) is 13.3. The highest BCUT2D eigenvalue weighted by molar-refractivity contribution is 7.15. The van der Waals surface area contributed by atoms with Gasteiger partial charge in [-0.2, -0.15) is 0 Å². The van der Waals surface area contributed by atoms with Crippen LogP contribution in [0.1, 0.15) is 16.1 Å². The predicted octanol–water partition coefficient (Wildman–Crippen LogP) is 1.41. The van der Waals surface area contributed by atoms with E-state index in [2.05, 4.69) is 21.0 Å². The van der Waals surface area contributed by atoms with Crippen molar-refractivity contribution in [1.29, 1.82) is 0 Å². The van der Waals surface area contributed by atoms with Crippen molar-refractivity contribution in [3.05, 3.63) is 40.4 Å². The number of hydrogen-bond acceptors (Lipinski definition) is 8. The lowest BCUT2D eigenvalue weighted by Gasteiger charge is -2.07. The normalized spacial score (nSPS) is 13.7. The Morgan fingerprint density at radius 3 is 2.96 bits per heavy atom. The molecule has 0 bridgehead atoms. The molecular formula is C14H15N5O3S. The Balaban J connectivity index is 1.78. The molecule has 0 fully saturated rings. The predicted molar refractivity (Wildman–Crippen MR) is 86.4 cm³/mol. The number of aromatic nitrogens is 1. The average molecular weight is 333 g/mol. The molecule has 2 heterocycles. The molecule has 3 N–H and O–H groups in total. The van der Waals surface area contributed by atoms with Gasteiger partial charge in [0, 0.05) is 10.4 Å². The first-order valence-corrected chi connectivity index (χ1v) is 7.64. The van der Waals surface area contributed by atoms with E-state index in [0.29, 0.717) is 11.6 Å². The second kappa shape index (κ2) is 6.23. The Labute approximate surface area is 136 Å². The minimum absolute atomic E-state index is 0.384. The first-order chi connectivity index (χ1) is 11.0. The topological polar surface area (TPSA) is 99.1 Å². The molecule has 0 amide bonds. The Morgan fingerprint density at radius 2 is 2.26 bits per heavy atom. The van der Waals surface area contributed by atoms with Crippen LogP contribution in [0.5, 0.6) is 5.75 Å². The SMILES string of the molecule is Cc1nc(N2N=C(c3cccc(OCC(=O)O)c3)NN2)sc1C. The largest absolute Gasteiger partial charge is 0.482 e. The van der Waals surface area contributed by atoms with Crippen molar-refractivity contribution in [3.8, 4) is 5.75 Å². The molecule has 8 nitrogen and oxygen atoms in total. The van der Waals surface area contributed by atoms with Crippen LogP contribution in [0.25, 0.3) is 0 Å². The smallest absolute Gasteiger partial charge is 0.341 e. The van der Waals surface area contributed by atoms with Crippen molar-refractivity contribution in [1.82, 2.24) is 15.9 Å². The average Bonchev–Trinajstić information content (AvgIpc) is 3.13. The Morgan fingerprint density at radius 1 is 1.43 bits per heavy atom. The summed E-state index contributed by atoms with van der Waals surface area (Å²) in [5, 5.41) is 15.4. The molecule has 23 heavy (non-hydrogen) atoms. The van der Waals surface area contributed by atoms with Crippen LogP contribution < -0.4 is 20.8 Å². The highest BCUT2D eigenvalue weighted by atomic mass is 32.1. The van der Waals surface area contributed by atoms with Crippen molar-refractivity contribution in [2.75, 3.05) is 11.7 Å². The third-order valence-corrected chi connectivity index (χ3v) is 4.20. The van der Waals surface area contributed by atoms with Crippen LogP contribution in [0.15, 0.2) is 29.4 Å². The fourth-order valence-corrected chi connectivity index (χ4v) is 2.72. The van der Waals surface area contributed by atoms with Gasteiger partial charge in [-0.05, 0) is 26.0 Å². The molecule has 2 aromatic rings. The summed E-state index contributed by atoms with van der Waals surface area (Å²) in [5.41, 5.74) is 7.63. The molecule has 0 spiro atoms. The standard InChI is InChI=1S/C14H15N5O3S/c1-8-9(2)23-14(15-8)19-17-13(16-18-19)10-4-3-5-11(6-10)22-7-12(20)21/h3-6,18H,7H2,1-2H3,(H,16,17)(H,20,21). The summed E-state index contributed by atoms with van der Waals surface area (Å²) < 4.78 is 5.17. The van der Waals surface area contributed by atoms with E-state index in [-0.39, 0.29) is 6.61 Å². The van der Waals surface area contributed by atoms with E-state index in [1.54, 1.807) is 23.3 Å². The van der Waals surface area contributed by atoms with Crippen LogP contribution in [0.3, 0.4) is 0 Å². The molecule has 1 aliphatic heterocycles. The Kier molecular flexibility index (Phi) is 4.13. The van der Waals surface area contributed by atoms with Gasteiger partial charge in [-0.3, -0.25) is 5.43 Å². The zero-order chi connectivity index (χ0) is 16.4. The summed E-state index contributed by atoms with van der Waals surface area (Å²) >= 11 is 1.54. The first-order valence-electron chi connectivity index (χ1n) is 6.82. The van der Waals surface area contributed by atoms with Gasteiger partial charge in [0.15, 0.2) is 12.4 Å². The molecular weight excluding hydrogens is 318 g/mol. The number of carboxylic acids is 1. The van der Waals surface area contributed by atoms with Gasteiger partial charge < -0.3 is 9.84 Å². The number of benzene rings is 1. The van der Waals surface area contributed by atoms with Crippen molar-refractivity contribution in [3.63, 3.8) is 0 Å². The van der Waals surface area contributed by atoms with Crippen LogP contribution in [0, 0.1) is 13.8 Å². The molecule has 1 aromatic heterocycles. The van der Waals surface area contributed by atoms with Crippen LogP contribution in [-0.2, 0) is 4.79 Å². The highest BCUT2D eigenvalue weighted by Gasteiger charge is 2.20. The van der Waals surface area contributed by atoms with Crippen molar-refractivity contribution < 1.29 is 14.6 Å². The summed E-state index contributed by atoms with van der Waals surface area (Å²) in [6.07, 6.45) is 0. The maximum Gasteiger partial charge on any atom is 0.341 e. The van der Waals surface area contributed by atoms with E-state index in [1.165, 1.54) is 11.3 Å². The van der Waals surface area contributed by atoms with Gasteiger partial charge in [0.05, 0.1) is 5.69 Å². The molecule has 120 valence electrons. The van der Waals surface area contributed by atoms with E-state index in [4.69, 9.17) is 9.84 Å². The number of ether oxygens (including phenoxy) is 1. The second-order valence-corrected chi connectivity index (χ2v) is 6.03. The van der Waals surface area contributed by atoms with Gasteiger partial charge >= 0.3 is 5.97 Å². The van der Waals surface area contributed by atoms with Gasteiger partial charge in [-0.25, -0.2) is 9.78 Å². The van der Waals surface area contributed by atoms with Crippen LogP contribution in [0.4, 0.5) is 5.13 Å². The number of aryl methyl sites for hydroxylation is 2. The number of thiazole rings is 1. The van der Waals surface area contributed by atoms with Gasteiger partial charge in [-0.15, -0.1) is 15.8 Å². The second-order valence-electron chi connectivity index (χ2n) is 4.85. The van der Waals surface area contributed by atoms with Crippen molar-refractivity contribution in [2.45, 2.75) is 13.8 Å². The third kappa shape index (κ3) is 3.41. The minimum atomic E-state index is -1.02. The third-order valence-electron chi connectivity index (χ3n) is 3.15. The van der Waals surface area contributed by atoms with Gasteiger partial charge in [0.2, 0.25) is 5.13 Å². The molecule has 0 saturated carbocycles. The lowest BCUT2D eigenvalue weighted by Crippen LogP contribution is -2.38. The number of carbonyl (C=O) groups is 1. The number of nitrogens with zero attached hydrogens (tertiary/aromatic N) is 3. The van der Waals surface area contributed by atoms with Crippen molar-refractivity contribution >= 4 is 28.3 Å². The summed E-state index contributed by atoms with van der Waals surface area (Å²) in [4.78, 5) is 16.1. The van der Waals surface area contributed by atoms with E-state index in [9.17, 15) is 4.79 Å². The fraction of sp³-hybridized carbons (Fsp3) is 0.214. The maximum atomic E-state index is 10.6. The van der Waals surface area contributed by atoms with Crippen LogP contribution in [-0.4, -0.2) is 28.5 Å². The molecule has 0 radical (unpaired) electrons. The van der Waals surface area contributed by atoms with Crippen molar-refractivity contribution in [2.24, 2.45) is 5.10 Å². The lowest BCUT2D eigenvalue weighted by atomic mass is 10.2. The van der Waals surface area contributed by atoms with E-state index < -0.39 is 5.97 Å². The molecule has 3 rings (SSSR count). The maximum absolute atomic E-state index is 10.6. The number of hydrazone groups is 1. The number of rotatable bonds is 5. The van der Waals surface area contributed by atoms with Gasteiger partial charge in [0.1, 0.15) is 5.75 Å². The zero-order valence-electron chi connectivity index (χ0n) is 12.5. The molecule has 1 aromatic carbocycles. The summed E-state index contributed by atoms with van der Waals surface area (Å²) in [6.45, 7) is 3.58. The summed E-state index contributed by atoms with van der Waals surface area (Å²) in [5.74, 6) is 0.0409. The first kappa shape index (κ1) is 15.3. The quantitative estimate of drug-likeness (QED) is 0.761. The van der Waals surface area contributed by atoms with Gasteiger partial charge in [0.25, 0.3) is 0 Å². The number of carboxylic acid groups (broad SMARTS) is 1. The molecule has 0 saturated heterocycles. The van der Waals surface area contributed by atoms with E-state index >= 15 is 0 Å². The highest BCUT2D eigenvalue weighted by Crippen LogP contribution is 2.25. The number of anilines is 1. The Bertz CT molecular complexity index is 754. The molecule has 9 heteroatoms. The number of nitrogens with one attached hydrogen (secondary N) is 2. The molecule has 1 aliphatic rings. The molecule has 0 atom stereocenters. The molecule has 0 aliphatic carbocycles. The summed E-state index contributed by atoms with van der Waals surface area (Å²) in [6, 6.07) is 7.04. The fourth-order valence-electron chi connectivity index (χ4n) is 1.90. The lowest BCUT2D eigenvalue weighted by molar-refractivity contribution is -0.139. The van der Waals surface area contributed by atoms with Gasteiger partial charge in [-0.1, -0.05) is 23.5 Å². The van der Waals surface area contributed by atoms with E-state index in [1.807, 2.05) is 19.9 Å². The monoisotopic (exact) mass is 333 g/mol. The minimum Gasteiger partial charge on any atom is -0.482 e. The van der Waals surface area contributed by atoms with Crippen LogP contribution >= 0.6 is 11.3 Å². The summed E-state index contributed by atoms with van der Waals surface area (Å²) in [7, 11) is 0. The van der Waals surface area contributed by atoms with E-state index in [0.717, 1.165) is 21.3 Å². The Hall–Kier alpha value is -2.65. The number of hydrogen-bond donors (Lipinski definition) is 3. The van der Waals surface area contributed by atoms with Crippen LogP contribution in [0.2, 0.25) is 0 Å².